The van der Waals surface area contributed by atoms with Gasteiger partial charge in [-0.2, -0.15) is 5.26 Å². The molecule has 0 unspecified atom stereocenters. The van der Waals surface area contributed by atoms with Gasteiger partial charge in [0.05, 0.1) is 14.2 Å². The normalized spacial score (nSPS) is 10.9. The topological polar surface area (TPSA) is 109 Å². The maximum absolute atomic E-state index is 12.9. The zero-order valence-corrected chi connectivity index (χ0v) is 17.2. The summed E-state index contributed by atoms with van der Waals surface area (Å²) in [6, 6.07) is 6.97. The van der Waals surface area contributed by atoms with E-state index in [1.165, 1.54) is 11.7 Å². The second-order valence-corrected chi connectivity index (χ2v) is 6.54. The summed E-state index contributed by atoms with van der Waals surface area (Å²) in [6.07, 6.45) is 3.74. The molecule has 1 N–H and O–H groups in total. The summed E-state index contributed by atoms with van der Waals surface area (Å²) in [5.74, 6) is 0.709. The number of pyridine rings is 1. The molecule has 0 aliphatic rings. The number of azo groups is 1. The van der Waals surface area contributed by atoms with Gasteiger partial charge in [0.15, 0.2) is 5.69 Å². The SMILES string of the molecule is CCCCCCn1c(O)c(C#N)c(C)c(N=Nc2ccc(OC)cc2OC)c1=O. The van der Waals surface area contributed by atoms with E-state index in [2.05, 4.69) is 17.2 Å². The summed E-state index contributed by atoms with van der Waals surface area (Å²) in [5.41, 5.74) is 0.263. The van der Waals surface area contributed by atoms with E-state index in [-0.39, 0.29) is 22.7 Å². The first-order valence-electron chi connectivity index (χ1n) is 9.48. The summed E-state index contributed by atoms with van der Waals surface area (Å²) in [5, 5.41) is 28.1. The van der Waals surface area contributed by atoms with E-state index in [1.807, 2.05) is 6.07 Å². The molecule has 1 aromatic carbocycles. The number of aromatic hydroxyl groups is 1. The van der Waals surface area contributed by atoms with Crippen molar-refractivity contribution in [2.24, 2.45) is 10.2 Å². The lowest BCUT2D eigenvalue weighted by Gasteiger charge is -2.13. The van der Waals surface area contributed by atoms with Gasteiger partial charge in [-0.1, -0.05) is 26.2 Å². The van der Waals surface area contributed by atoms with Crippen LogP contribution in [-0.4, -0.2) is 23.9 Å². The molecular formula is C21H26N4O4. The van der Waals surface area contributed by atoms with Crippen LogP contribution in [0.2, 0.25) is 0 Å². The summed E-state index contributed by atoms with van der Waals surface area (Å²) >= 11 is 0. The third-order valence-corrected chi connectivity index (χ3v) is 4.65. The third-order valence-electron chi connectivity index (χ3n) is 4.65. The van der Waals surface area contributed by atoms with Crippen molar-refractivity contribution in [3.63, 3.8) is 0 Å². The fraction of sp³-hybridized carbons (Fsp3) is 0.429. The third kappa shape index (κ3) is 4.93. The molecule has 0 radical (unpaired) electrons. The second-order valence-electron chi connectivity index (χ2n) is 6.54. The van der Waals surface area contributed by atoms with Crippen molar-refractivity contribution < 1.29 is 14.6 Å². The maximum atomic E-state index is 12.9. The second kappa shape index (κ2) is 10.3. The number of methoxy groups -OCH3 is 2. The Morgan fingerprint density at radius 2 is 1.93 bits per heavy atom. The molecule has 2 aromatic rings. The Labute approximate surface area is 170 Å². The molecule has 29 heavy (non-hydrogen) atoms. The van der Waals surface area contributed by atoms with Crippen LogP contribution in [-0.2, 0) is 6.54 Å². The highest BCUT2D eigenvalue weighted by Crippen LogP contribution is 2.33. The summed E-state index contributed by atoms with van der Waals surface area (Å²) in [7, 11) is 3.04. The van der Waals surface area contributed by atoms with E-state index in [1.54, 1.807) is 32.2 Å². The number of ether oxygens (including phenoxy) is 2. The van der Waals surface area contributed by atoms with Gasteiger partial charge in [0.2, 0.25) is 5.88 Å². The molecule has 154 valence electrons. The minimum Gasteiger partial charge on any atom is -0.497 e. The molecule has 0 aliphatic heterocycles. The quantitative estimate of drug-likeness (QED) is 0.484. The fourth-order valence-electron chi connectivity index (χ4n) is 2.93. The van der Waals surface area contributed by atoms with Gasteiger partial charge in [-0.15, -0.1) is 10.2 Å². The molecular weight excluding hydrogens is 372 g/mol. The molecule has 0 amide bonds. The predicted octanol–water partition coefficient (Wildman–Crippen LogP) is 4.75. The first-order chi connectivity index (χ1) is 14.0. The molecule has 0 atom stereocenters. The Morgan fingerprint density at radius 1 is 1.17 bits per heavy atom. The van der Waals surface area contributed by atoms with Crippen LogP contribution in [0.3, 0.4) is 0 Å². The Kier molecular flexibility index (Phi) is 7.78. The molecule has 0 fully saturated rings. The predicted molar refractivity (Wildman–Crippen MR) is 110 cm³/mol. The maximum Gasteiger partial charge on any atom is 0.281 e. The van der Waals surface area contributed by atoms with E-state index >= 15 is 0 Å². The zero-order chi connectivity index (χ0) is 21.4. The number of rotatable bonds is 9. The van der Waals surface area contributed by atoms with Gasteiger partial charge in [-0.05, 0) is 25.5 Å². The van der Waals surface area contributed by atoms with Crippen LogP contribution < -0.4 is 15.0 Å². The van der Waals surface area contributed by atoms with Crippen molar-refractivity contribution in [2.45, 2.75) is 46.1 Å². The van der Waals surface area contributed by atoms with E-state index in [9.17, 15) is 15.2 Å². The van der Waals surface area contributed by atoms with Crippen molar-refractivity contribution in [1.29, 1.82) is 5.26 Å². The Morgan fingerprint density at radius 3 is 2.55 bits per heavy atom. The number of hydrogen-bond acceptors (Lipinski definition) is 7. The average Bonchev–Trinajstić information content (AvgIpc) is 2.73. The fourth-order valence-corrected chi connectivity index (χ4v) is 2.93. The first-order valence-corrected chi connectivity index (χ1v) is 9.48. The van der Waals surface area contributed by atoms with Gasteiger partial charge in [-0.3, -0.25) is 9.36 Å². The molecule has 0 spiro atoms. The molecule has 0 saturated carbocycles. The first kappa shape index (κ1) is 22.0. The van der Waals surface area contributed by atoms with Crippen LogP contribution in [0.1, 0.15) is 43.7 Å². The van der Waals surface area contributed by atoms with Gasteiger partial charge in [-0.25, -0.2) is 0 Å². The van der Waals surface area contributed by atoms with Gasteiger partial charge in [0, 0.05) is 18.2 Å². The van der Waals surface area contributed by atoms with Crippen LogP contribution in [0.5, 0.6) is 17.4 Å². The highest BCUT2D eigenvalue weighted by atomic mass is 16.5. The van der Waals surface area contributed by atoms with Crippen molar-refractivity contribution in [2.75, 3.05) is 14.2 Å². The van der Waals surface area contributed by atoms with E-state index in [0.717, 1.165) is 25.7 Å². The molecule has 1 aromatic heterocycles. The smallest absolute Gasteiger partial charge is 0.281 e. The summed E-state index contributed by atoms with van der Waals surface area (Å²) in [6.45, 7) is 3.98. The number of unbranched alkanes of at least 4 members (excludes halogenated alkanes) is 3. The monoisotopic (exact) mass is 398 g/mol. The molecule has 8 nitrogen and oxygen atoms in total. The van der Waals surface area contributed by atoms with Crippen LogP contribution in [0.25, 0.3) is 0 Å². The van der Waals surface area contributed by atoms with Crippen molar-refractivity contribution in [1.82, 2.24) is 4.57 Å². The van der Waals surface area contributed by atoms with Gasteiger partial charge < -0.3 is 14.6 Å². The van der Waals surface area contributed by atoms with Crippen LogP contribution >= 0.6 is 0 Å². The van der Waals surface area contributed by atoms with Gasteiger partial charge in [0.1, 0.15) is 28.8 Å². The highest BCUT2D eigenvalue weighted by Gasteiger charge is 2.19. The van der Waals surface area contributed by atoms with Crippen LogP contribution in [0.4, 0.5) is 11.4 Å². The largest absolute Gasteiger partial charge is 0.497 e. The molecule has 0 bridgehead atoms. The van der Waals surface area contributed by atoms with Crippen LogP contribution in [0, 0.1) is 18.3 Å². The highest BCUT2D eigenvalue weighted by molar-refractivity contribution is 5.58. The van der Waals surface area contributed by atoms with Gasteiger partial charge in [0.25, 0.3) is 5.56 Å². The summed E-state index contributed by atoms with van der Waals surface area (Å²) < 4.78 is 11.6. The average molecular weight is 398 g/mol. The van der Waals surface area contributed by atoms with Crippen molar-refractivity contribution >= 4 is 11.4 Å². The Bertz CT molecular complexity index is 990. The Balaban J connectivity index is 2.48. The number of nitrogens with zero attached hydrogens (tertiary/aromatic N) is 4. The van der Waals surface area contributed by atoms with E-state index in [0.29, 0.717) is 23.7 Å². The molecule has 0 aliphatic carbocycles. The van der Waals surface area contributed by atoms with Crippen LogP contribution in [0.15, 0.2) is 33.2 Å². The number of nitriles is 1. The molecule has 8 heteroatoms. The molecule has 2 rings (SSSR count). The minimum absolute atomic E-state index is 0.0210. The zero-order valence-electron chi connectivity index (χ0n) is 17.2. The number of aromatic nitrogens is 1. The minimum atomic E-state index is -0.480. The van der Waals surface area contributed by atoms with Crippen molar-refractivity contribution in [3.8, 4) is 23.4 Å². The van der Waals surface area contributed by atoms with Crippen molar-refractivity contribution in [3.05, 3.63) is 39.7 Å². The lowest BCUT2D eigenvalue weighted by molar-refractivity contribution is 0.394. The molecule has 1 heterocycles. The van der Waals surface area contributed by atoms with E-state index < -0.39 is 5.56 Å². The lowest BCUT2D eigenvalue weighted by atomic mass is 10.1. The molecule has 0 saturated heterocycles. The Hall–Kier alpha value is -3.34. The number of benzene rings is 1. The standard InChI is InChI=1S/C21H26N4O4/c1-5-6-7-8-11-25-20(26)16(13-22)14(2)19(21(25)27)24-23-17-10-9-15(28-3)12-18(17)29-4/h9-10,12,26H,5-8,11H2,1-4H3. The summed E-state index contributed by atoms with van der Waals surface area (Å²) in [4.78, 5) is 12.9. The number of hydrogen-bond donors (Lipinski definition) is 1. The lowest BCUT2D eigenvalue weighted by Crippen LogP contribution is -2.22. The van der Waals surface area contributed by atoms with E-state index in [4.69, 9.17) is 9.47 Å². The van der Waals surface area contributed by atoms with Gasteiger partial charge >= 0.3 is 0 Å².